The van der Waals surface area contributed by atoms with Gasteiger partial charge in [0.15, 0.2) is 0 Å². The Morgan fingerprint density at radius 3 is 2.19 bits per heavy atom. The van der Waals surface area contributed by atoms with Gasteiger partial charge in [0, 0.05) is 41.6 Å². The highest BCUT2D eigenvalue weighted by molar-refractivity contribution is 6.36. The first-order valence-electron chi connectivity index (χ1n) is 10.4. The number of amides is 3. The summed E-state index contributed by atoms with van der Waals surface area (Å²) in [7, 11) is 0. The van der Waals surface area contributed by atoms with Gasteiger partial charge in [-0.3, -0.25) is 4.79 Å². The number of nitrogens with two attached hydrogens (primary N) is 1. The third-order valence-corrected chi connectivity index (χ3v) is 7.01. The van der Waals surface area contributed by atoms with Crippen molar-refractivity contribution in [2.24, 2.45) is 11.7 Å². The van der Waals surface area contributed by atoms with Gasteiger partial charge in [-0.25, -0.2) is 9.18 Å². The average Bonchev–Trinajstić information content (AvgIpc) is 3.11. The Morgan fingerprint density at radius 1 is 1.00 bits per heavy atom. The third-order valence-electron chi connectivity index (χ3n) is 6.34. The number of rotatable bonds is 4. The van der Waals surface area contributed by atoms with Crippen LogP contribution in [-0.4, -0.2) is 47.4 Å². The summed E-state index contributed by atoms with van der Waals surface area (Å²) in [6, 6.07) is 9.50. The van der Waals surface area contributed by atoms with Gasteiger partial charge in [0.05, 0.1) is 0 Å². The monoisotopic (exact) mass is 463 g/mol. The minimum atomic E-state index is -0.405. The summed E-state index contributed by atoms with van der Waals surface area (Å²) < 4.78 is 13.2. The van der Waals surface area contributed by atoms with Crippen molar-refractivity contribution < 1.29 is 14.0 Å². The second-order valence-electron chi connectivity index (χ2n) is 8.20. The molecule has 2 aromatic carbocycles. The predicted molar refractivity (Wildman–Crippen MR) is 120 cm³/mol. The lowest BCUT2D eigenvalue weighted by Gasteiger charge is -2.36. The van der Waals surface area contributed by atoms with Crippen LogP contribution in [0.5, 0.6) is 0 Å². The summed E-state index contributed by atoms with van der Waals surface area (Å²) >= 11 is 13.1. The molecule has 164 valence electrons. The maximum Gasteiger partial charge on any atom is 0.314 e. The Morgan fingerprint density at radius 2 is 1.61 bits per heavy atom. The SMILES string of the molecule is NC(=O)N1CCC(N2CCC(Cc3c(Cl)cc(-c4ccc(F)cc4)cc3Cl)C2=O)CC1. The summed E-state index contributed by atoms with van der Waals surface area (Å²) in [6.45, 7) is 1.86. The largest absolute Gasteiger partial charge is 0.351 e. The number of carbonyl (C=O) groups is 2. The number of likely N-dealkylation sites (tertiary alicyclic amines) is 2. The Bertz CT molecular complexity index is 968. The molecule has 2 aromatic rings. The minimum Gasteiger partial charge on any atom is -0.351 e. The fourth-order valence-electron chi connectivity index (χ4n) is 4.57. The molecule has 0 spiro atoms. The molecule has 31 heavy (non-hydrogen) atoms. The van der Waals surface area contributed by atoms with E-state index < -0.39 is 6.03 Å². The summed E-state index contributed by atoms with van der Waals surface area (Å²) in [6.07, 6.45) is 2.72. The number of halogens is 3. The third kappa shape index (κ3) is 4.65. The maximum atomic E-state index is 13.2. The second-order valence-corrected chi connectivity index (χ2v) is 9.02. The number of piperidine rings is 1. The number of carbonyl (C=O) groups excluding carboxylic acids is 2. The lowest BCUT2D eigenvalue weighted by molar-refractivity contribution is -0.133. The van der Waals surface area contributed by atoms with Crippen molar-refractivity contribution in [3.63, 3.8) is 0 Å². The van der Waals surface area contributed by atoms with Crippen LogP contribution in [0.1, 0.15) is 24.8 Å². The molecule has 8 heteroatoms. The van der Waals surface area contributed by atoms with Gasteiger partial charge in [0.2, 0.25) is 5.91 Å². The van der Waals surface area contributed by atoms with E-state index in [1.807, 2.05) is 17.0 Å². The van der Waals surface area contributed by atoms with Gasteiger partial charge in [-0.1, -0.05) is 35.3 Å². The van der Waals surface area contributed by atoms with Crippen LogP contribution in [0.2, 0.25) is 10.0 Å². The van der Waals surface area contributed by atoms with E-state index in [2.05, 4.69) is 0 Å². The molecule has 4 rings (SSSR count). The zero-order valence-corrected chi connectivity index (χ0v) is 18.5. The van der Waals surface area contributed by atoms with Crippen LogP contribution in [0.15, 0.2) is 36.4 Å². The fourth-order valence-corrected chi connectivity index (χ4v) is 5.21. The molecule has 2 saturated heterocycles. The summed E-state index contributed by atoms with van der Waals surface area (Å²) in [5, 5.41) is 1.01. The van der Waals surface area contributed by atoms with Gasteiger partial charge in [-0.2, -0.15) is 0 Å². The molecule has 2 aliphatic heterocycles. The molecular formula is C23H24Cl2FN3O2. The first kappa shape index (κ1) is 21.9. The number of hydrogen-bond donors (Lipinski definition) is 1. The van der Waals surface area contributed by atoms with Crippen LogP contribution in [0, 0.1) is 11.7 Å². The highest BCUT2D eigenvalue weighted by Crippen LogP contribution is 2.36. The normalized spacial score (nSPS) is 19.8. The lowest BCUT2D eigenvalue weighted by Crippen LogP contribution is -2.49. The molecule has 0 aliphatic carbocycles. The number of urea groups is 1. The van der Waals surface area contributed by atoms with Crippen LogP contribution in [-0.2, 0) is 11.2 Å². The highest BCUT2D eigenvalue weighted by atomic mass is 35.5. The first-order valence-corrected chi connectivity index (χ1v) is 11.2. The molecule has 5 nitrogen and oxygen atoms in total. The zero-order chi connectivity index (χ0) is 22.1. The van der Waals surface area contributed by atoms with E-state index in [4.69, 9.17) is 28.9 Å². The van der Waals surface area contributed by atoms with Crippen LogP contribution in [0.3, 0.4) is 0 Å². The standard InChI is InChI=1S/C23H24Cl2FN3O2/c24-20-12-16(14-1-3-17(26)4-2-14)13-21(25)19(20)11-15-5-10-29(22(15)30)18-6-8-28(9-7-18)23(27)31/h1-4,12-13,15,18H,5-11H2,(H2,27,31). The molecule has 0 bridgehead atoms. The Balaban J connectivity index is 1.44. The summed E-state index contributed by atoms with van der Waals surface area (Å²) in [4.78, 5) is 28.0. The fraction of sp³-hybridized carbons (Fsp3) is 0.391. The molecular weight excluding hydrogens is 440 g/mol. The van der Waals surface area contributed by atoms with Gasteiger partial charge in [-0.15, -0.1) is 0 Å². The van der Waals surface area contributed by atoms with Crippen LogP contribution >= 0.6 is 23.2 Å². The van der Waals surface area contributed by atoms with Gasteiger partial charge in [-0.05, 0) is 66.6 Å². The van der Waals surface area contributed by atoms with Crippen molar-refractivity contribution in [2.45, 2.75) is 31.7 Å². The van der Waals surface area contributed by atoms with Crippen molar-refractivity contribution in [3.8, 4) is 11.1 Å². The van der Waals surface area contributed by atoms with E-state index in [0.29, 0.717) is 36.1 Å². The molecule has 2 aliphatic rings. The van der Waals surface area contributed by atoms with Crippen LogP contribution < -0.4 is 5.73 Å². The smallest absolute Gasteiger partial charge is 0.314 e. The minimum absolute atomic E-state index is 0.118. The quantitative estimate of drug-likeness (QED) is 0.711. The van der Waals surface area contributed by atoms with E-state index in [0.717, 1.165) is 36.0 Å². The van der Waals surface area contributed by atoms with Crippen molar-refractivity contribution in [1.82, 2.24) is 9.80 Å². The number of primary amides is 1. The van der Waals surface area contributed by atoms with E-state index in [-0.39, 0.29) is 23.7 Å². The van der Waals surface area contributed by atoms with Crippen molar-refractivity contribution >= 4 is 35.1 Å². The molecule has 2 N–H and O–H groups in total. The molecule has 0 aromatic heterocycles. The second kappa shape index (κ2) is 9.05. The molecule has 3 amide bonds. The molecule has 2 heterocycles. The topological polar surface area (TPSA) is 66.6 Å². The van der Waals surface area contributed by atoms with Gasteiger partial charge in [0.1, 0.15) is 5.82 Å². The average molecular weight is 464 g/mol. The Kier molecular flexibility index (Phi) is 6.39. The van der Waals surface area contributed by atoms with Crippen molar-refractivity contribution in [2.75, 3.05) is 19.6 Å². The Hall–Kier alpha value is -2.31. The van der Waals surface area contributed by atoms with E-state index >= 15 is 0 Å². The van der Waals surface area contributed by atoms with Crippen LogP contribution in [0.4, 0.5) is 9.18 Å². The lowest BCUT2D eigenvalue weighted by atomic mass is 9.95. The van der Waals surface area contributed by atoms with Crippen molar-refractivity contribution in [3.05, 3.63) is 57.8 Å². The maximum absolute atomic E-state index is 13.2. The number of nitrogens with zero attached hydrogens (tertiary/aromatic N) is 2. The van der Waals surface area contributed by atoms with Crippen molar-refractivity contribution in [1.29, 1.82) is 0 Å². The van der Waals surface area contributed by atoms with Gasteiger partial charge < -0.3 is 15.5 Å². The zero-order valence-electron chi connectivity index (χ0n) is 17.0. The molecule has 0 radical (unpaired) electrons. The first-order chi connectivity index (χ1) is 14.8. The summed E-state index contributed by atoms with van der Waals surface area (Å²) in [5.74, 6) is -0.352. The molecule has 1 unspecified atom stereocenters. The van der Waals surface area contributed by atoms with E-state index in [1.54, 1.807) is 17.0 Å². The highest BCUT2D eigenvalue weighted by Gasteiger charge is 2.37. The molecule has 2 fully saturated rings. The van der Waals surface area contributed by atoms with Crippen LogP contribution in [0.25, 0.3) is 11.1 Å². The predicted octanol–water partition coefficient (Wildman–Crippen LogP) is 4.73. The Labute approximate surface area is 190 Å². The molecule has 1 atom stereocenters. The summed E-state index contributed by atoms with van der Waals surface area (Å²) in [5.41, 5.74) is 7.74. The van der Waals surface area contributed by atoms with E-state index in [1.165, 1.54) is 12.1 Å². The van der Waals surface area contributed by atoms with Gasteiger partial charge >= 0.3 is 6.03 Å². The molecule has 0 saturated carbocycles. The number of hydrogen-bond acceptors (Lipinski definition) is 2. The number of benzene rings is 2. The van der Waals surface area contributed by atoms with Gasteiger partial charge in [0.25, 0.3) is 0 Å². The van der Waals surface area contributed by atoms with E-state index in [9.17, 15) is 14.0 Å².